The van der Waals surface area contributed by atoms with E-state index in [0.717, 1.165) is 11.9 Å². The van der Waals surface area contributed by atoms with E-state index >= 15 is 0 Å². The molecule has 6 nitrogen and oxygen atoms in total. The van der Waals surface area contributed by atoms with Crippen LogP contribution in [0.5, 0.6) is 5.75 Å². The summed E-state index contributed by atoms with van der Waals surface area (Å²) in [7, 11) is -2.12. The van der Waals surface area contributed by atoms with Gasteiger partial charge in [-0.2, -0.15) is 0 Å². The Morgan fingerprint density at radius 1 is 1.23 bits per heavy atom. The molecular weight excluding hydrogens is 304 g/mol. The fourth-order valence-electron chi connectivity index (χ4n) is 1.93. The van der Waals surface area contributed by atoms with Crippen molar-refractivity contribution in [3.05, 3.63) is 47.8 Å². The van der Waals surface area contributed by atoms with Crippen LogP contribution in [-0.4, -0.2) is 32.7 Å². The predicted molar refractivity (Wildman–Crippen MR) is 83.0 cm³/mol. The number of amides is 1. The first-order valence-electron chi connectivity index (χ1n) is 6.43. The van der Waals surface area contributed by atoms with Crippen molar-refractivity contribution >= 4 is 21.4 Å². The van der Waals surface area contributed by atoms with Crippen molar-refractivity contribution in [2.24, 2.45) is 0 Å². The fourth-order valence-corrected chi connectivity index (χ4v) is 2.79. The number of nitrogens with zero attached hydrogens (tertiary/aromatic N) is 1. The minimum absolute atomic E-state index is 0.0199. The second kappa shape index (κ2) is 6.15. The smallest absolute Gasteiger partial charge is 0.255 e. The summed E-state index contributed by atoms with van der Waals surface area (Å²) in [5.74, 6) is -0.197. The first-order valence-corrected chi connectivity index (χ1v) is 8.32. The summed E-state index contributed by atoms with van der Waals surface area (Å²) in [6.07, 6.45) is 2.65. The van der Waals surface area contributed by atoms with Crippen LogP contribution in [0.4, 0.5) is 5.69 Å². The molecule has 2 aromatic rings. The Kier molecular flexibility index (Phi) is 4.46. The minimum atomic E-state index is -3.50. The molecule has 1 amide bonds. The van der Waals surface area contributed by atoms with E-state index < -0.39 is 15.7 Å². The van der Waals surface area contributed by atoms with Gasteiger partial charge >= 0.3 is 0 Å². The van der Waals surface area contributed by atoms with Gasteiger partial charge in [0, 0.05) is 29.4 Å². The maximum Gasteiger partial charge on any atom is 0.255 e. The molecule has 1 N–H and O–H groups in total. The predicted octanol–water partition coefficient (Wildman–Crippen LogP) is 2.05. The number of aromatic nitrogens is 1. The van der Waals surface area contributed by atoms with E-state index in [2.05, 4.69) is 10.3 Å². The van der Waals surface area contributed by atoms with Gasteiger partial charge in [-0.25, -0.2) is 8.42 Å². The number of benzene rings is 1. The molecule has 7 heteroatoms. The van der Waals surface area contributed by atoms with E-state index in [1.807, 2.05) is 6.92 Å². The van der Waals surface area contributed by atoms with Crippen molar-refractivity contribution in [2.75, 3.05) is 18.7 Å². The monoisotopic (exact) mass is 320 g/mol. The van der Waals surface area contributed by atoms with E-state index in [4.69, 9.17) is 4.74 Å². The molecule has 0 fully saturated rings. The third-order valence-corrected chi connectivity index (χ3v) is 4.10. The summed E-state index contributed by atoms with van der Waals surface area (Å²) < 4.78 is 28.6. The number of hydrogen-bond donors (Lipinski definition) is 1. The van der Waals surface area contributed by atoms with Crippen LogP contribution in [0.15, 0.2) is 41.4 Å². The lowest BCUT2D eigenvalue weighted by atomic mass is 10.2. The van der Waals surface area contributed by atoms with Crippen molar-refractivity contribution in [3.63, 3.8) is 0 Å². The maximum absolute atomic E-state index is 12.2. The third kappa shape index (κ3) is 3.62. The first-order chi connectivity index (χ1) is 10.3. The van der Waals surface area contributed by atoms with Gasteiger partial charge in [0.05, 0.1) is 7.11 Å². The van der Waals surface area contributed by atoms with Gasteiger partial charge in [-0.05, 0) is 37.3 Å². The van der Waals surface area contributed by atoms with Crippen molar-refractivity contribution in [1.29, 1.82) is 0 Å². The second-order valence-corrected chi connectivity index (χ2v) is 6.76. The van der Waals surface area contributed by atoms with Gasteiger partial charge in [-0.3, -0.25) is 9.78 Å². The highest BCUT2D eigenvalue weighted by molar-refractivity contribution is 7.90. The van der Waals surface area contributed by atoms with Crippen LogP contribution in [0.1, 0.15) is 16.1 Å². The molecule has 2 rings (SSSR count). The number of methoxy groups -OCH3 is 1. The number of sulfone groups is 1. The zero-order valence-corrected chi connectivity index (χ0v) is 13.3. The fraction of sp³-hybridized carbons (Fsp3) is 0.200. The Balaban J connectivity index is 2.35. The number of pyridine rings is 1. The van der Waals surface area contributed by atoms with Crippen LogP contribution in [0.3, 0.4) is 0 Å². The van der Waals surface area contributed by atoms with Gasteiger partial charge in [-0.15, -0.1) is 0 Å². The molecule has 0 bridgehead atoms. The molecule has 22 heavy (non-hydrogen) atoms. The van der Waals surface area contributed by atoms with Crippen molar-refractivity contribution in [2.45, 2.75) is 11.8 Å². The van der Waals surface area contributed by atoms with Crippen LogP contribution in [0, 0.1) is 6.92 Å². The van der Waals surface area contributed by atoms with Crippen LogP contribution in [0.25, 0.3) is 0 Å². The molecule has 0 unspecified atom stereocenters. The van der Waals surface area contributed by atoms with Gasteiger partial charge in [-0.1, -0.05) is 0 Å². The highest BCUT2D eigenvalue weighted by Crippen LogP contribution is 2.25. The molecule has 1 aromatic heterocycles. The van der Waals surface area contributed by atoms with Gasteiger partial charge in [0.2, 0.25) is 0 Å². The minimum Gasteiger partial charge on any atom is -0.495 e. The SMILES string of the molecule is COc1ccc(C(=O)Nc2ccnc(C)c2)cc1S(C)(=O)=O. The van der Waals surface area contributed by atoms with Crippen LogP contribution in [-0.2, 0) is 9.84 Å². The van der Waals surface area contributed by atoms with E-state index in [1.165, 1.54) is 25.3 Å². The van der Waals surface area contributed by atoms with Crippen LogP contribution in [0.2, 0.25) is 0 Å². The topological polar surface area (TPSA) is 85.4 Å². The molecular formula is C15H16N2O4S. The van der Waals surface area contributed by atoms with E-state index in [0.29, 0.717) is 5.69 Å². The molecule has 0 atom stereocenters. The molecule has 116 valence electrons. The number of carbonyl (C=O) groups is 1. The highest BCUT2D eigenvalue weighted by atomic mass is 32.2. The number of anilines is 1. The molecule has 0 aliphatic carbocycles. The number of nitrogens with one attached hydrogen (secondary N) is 1. The molecule has 0 spiro atoms. The van der Waals surface area contributed by atoms with Crippen LogP contribution >= 0.6 is 0 Å². The quantitative estimate of drug-likeness (QED) is 0.932. The molecule has 0 aliphatic heterocycles. The Bertz CT molecular complexity index is 816. The van der Waals surface area contributed by atoms with E-state index in [-0.39, 0.29) is 16.2 Å². The lowest BCUT2D eigenvalue weighted by Crippen LogP contribution is -2.13. The first kappa shape index (κ1) is 16.0. The Hall–Kier alpha value is -2.41. The molecule has 0 saturated carbocycles. The average molecular weight is 320 g/mol. The third-order valence-electron chi connectivity index (χ3n) is 2.98. The number of hydrogen-bond acceptors (Lipinski definition) is 5. The summed E-state index contributed by atoms with van der Waals surface area (Å²) in [6, 6.07) is 7.66. The summed E-state index contributed by atoms with van der Waals surface area (Å²) >= 11 is 0. The van der Waals surface area contributed by atoms with Crippen molar-refractivity contribution in [3.8, 4) is 5.75 Å². The van der Waals surface area contributed by atoms with Crippen molar-refractivity contribution in [1.82, 2.24) is 4.98 Å². The molecule has 1 aromatic carbocycles. The number of ether oxygens (including phenoxy) is 1. The summed E-state index contributed by atoms with van der Waals surface area (Å²) in [5.41, 5.74) is 1.59. The number of rotatable bonds is 4. The van der Waals surface area contributed by atoms with Crippen molar-refractivity contribution < 1.29 is 17.9 Å². The van der Waals surface area contributed by atoms with Gasteiger partial charge in [0.15, 0.2) is 9.84 Å². The molecule has 0 saturated heterocycles. The lowest BCUT2D eigenvalue weighted by Gasteiger charge is -2.10. The van der Waals surface area contributed by atoms with Gasteiger partial charge < -0.3 is 10.1 Å². The maximum atomic E-state index is 12.2. The summed E-state index contributed by atoms with van der Waals surface area (Å²) in [4.78, 5) is 16.3. The zero-order chi connectivity index (χ0) is 16.3. The normalized spacial score (nSPS) is 11.0. The number of aryl methyl sites for hydroxylation is 1. The summed E-state index contributed by atoms with van der Waals surface area (Å²) in [5, 5.41) is 2.70. The van der Waals surface area contributed by atoms with Gasteiger partial charge in [0.25, 0.3) is 5.91 Å². The molecule has 0 radical (unpaired) electrons. The molecule has 1 heterocycles. The van der Waals surface area contributed by atoms with Crippen LogP contribution < -0.4 is 10.1 Å². The Morgan fingerprint density at radius 2 is 1.95 bits per heavy atom. The largest absolute Gasteiger partial charge is 0.495 e. The summed E-state index contributed by atoms with van der Waals surface area (Å²) in [6.45, 7) is 1.81. The Morgan fingerprint density at radius 3 is 2.55 bits per heavy atom. The highest BCUT2D eigenvalue weighted by Gasteiger charge is 2.17. The second-order valence-electron chi connectivity index (χ2n) is 4.78. The van der Waals surface area contributed by atoms with E-state index in [1.54, 1.807) is 18.3 Å². The zero-order valence-electron chi connectivity index (χ0n) is 12.5. The Labute approximate surface area is 129 Å². The van der Waals surface area contributed by atoms with Gasteiger partial charge in [0.1, 0.15) is 10.6 Å². The average Bonchev–Trinajstić information content (AvgIpc) is 2.45. The standard InChI is InChI=1S/C15H16N2O4S/c1-10-8-12(6-7-16-10)17-15(18)11-4-5-13(21-2)14(9-11)22(3,19)20/h4-9H,1-3H3,(H,16,17,18). The van der Waals surface area contributed by atoms with E-state index in [9.17, 15) is 13.2 Å². The molecule has 0 aliphatic rings. The lowest BCUT2D eigenvalue weighted by molar-refractivity contribution is 0.102. The number of carbonyl (C=O) groups excluding carboxylic acids is 1.